The van der Waals surface area contributed by atoms with Gasteiger partial charge in [0.15, 0.2) is 0 Å². The van der Waals surface area contributed by atoms with Crippen LogP contribution in [0.25, 0.3) is 0 Å². The molecule has 4 bridgehead atoms. The maximum absolute atomic E-state index is 13.6. The molecule has 1 heterocycles. The van der Waals surface area contributed by atoms with Crippen LogP contribution in [0.3, 0.4) is 0 Å². The Morgan fingerprint density at radius 1 is 0.741 bits per heavy atom. The Labute approximate surface area is 163 Å². The van der Waals surface area contributed by atoms with Crippen LogP contribution in [0.4, 0.5) is 4.79 Å². The van der Waals surface area contributed by atoms with Gasteiger partial charge < -0.3 is 15.1 Å². The summed E-state index contributed by atoms with van der Waals surface area (Å²) in [4.78, 5) is 30.3. The SMILES string of the molecule is O=C(NC1CCCC1)N1CCCN(C(=O)C23CC4CC(CC(C4)C2)C3)CC1. The maximum Gasteiger partial charge on any atom is 0.317 e. The molecule has 6 rings (SSSR count). The summed E-state index contributed by atoms with van der Waals surface area (Å²) in [6.07, 6.45) is 13.2. The molecule has 27 heavy (non-hydrogen) atoms. The molecule has 1 saturated heterocycles. The molecule has 1 aliphatic heterocycles. The van der Waals surface area contributed by atoms with E-state index in [2.05, 4.69) is 10.2 Å². The molecule has 1 N–H and O–H groups in total. The van der Waals surface area contributed by atoms with Gasteiger partial charge in [-0.05, 0) is 75.5 Å². The van der Waals surface area contributed by atoms with E-state index in [-0.39, 0.29) is 11.4 Å². The van der Waals surface area contributed by atoms with Crippen molar-refractivity contribution in [3.05, 3.63) is 0 Å². The second-order valence-corrected chi connectivity index (χ2v) is 10.3. The van der Waals surface area contributed by atoms with Crippen LogP contribution in [0.2, 0.25) is 0 Å². The average Bonchev–Trinajstić information content (AvgIpc) is 3.01. The molecule has 0 aromatic carbocycles. The monoisotopic (exact) mass is 373 g/mol. The summed E-state index contributed by atoms with van der Waals surface area (Å²) in [6.45, 7) is 3.02. The lowest BCUT2D eigenvalue weighted by Gasteiger charge is -2.56. The van der Waals surface area contributed by atoms with Gasteiger partial charge in [0.25, 0.3) is 0 Å². The van der Waals surface area contributed by atoms with Gasteiger partial charge in [0, 0.05) is 32.2 Å². The van der Waals surface area contributed by atoms with Gasteiger partial charge in [-0.25, -0.2) is 4.79 Å². The van der Waals surface area contributed by atoms with Gasteiger partial charge in [-0.1, -0.05) is 12.8 Å². The van der Waals surface area contributed by atoms with Crippen molar-refractivity contribution in [2.75, 3.05) is 26.2 Å². The second-order valence-electron chi connectivity index (χ2n) is 10.3. The number of carbonyl (C=O) groups excluding carboxylic acids is 2. The van der Waals surface area contributed by atoms with E-state index >= 15 is 0 Å². The van der Waals surface area contributed by atoms with Crippen LogP contribution < -0.4 is 5.32 Å². The molecule has 5 aliphatic carbocycles. The third kappa shape index (κ3) is 3.36. The van der Waals surface area contributed by atoms with Crippen LogP contribution in [0.15, 0.2) is 0 Å². The Hall–Kier alpha value is -1.26. The first kappa shape index (κ1) is 17.8. The Kier molecular flexibility index (Phi) is 4.60. The summed E-state index contributed by atoms with van der Waals surface area (Å²) in [6, 6.07) is 0.455. The summed E-state index contributed by atoms with van der Waals surface area (Å²) in [5.74, 6) is 2.85. The molecule has 3 amide bonds. The lowest BCUT2D eigenvalue weighted by Crippen LogP contribution is -2.55. The molecule has 5 heteroatoms. The Bertz CT molecular complexity index is 563. The zero-order valence-corrected chi connectivity index (χ0v) is 16.6. The minimum absolute atomic E-state index is 0.0456. The molecule has 0 aromatic heterocycles. The highest BCUT2D eigenvalue weighted by molar-refractivity contribution is 5.83. The van der Waals surface area contributed by atoms with Crippen molar-refractivity contribution in [3.8, 4) is 0 Å². The molecule has 0 unspecified atom stereocenters. The van der Waals surface area contributed by atoms with Gasteiger partial charge in [-0.3, -0.25) is 4.79 Å². The summed E-state index contributed by atoms with van der Waals surface area (Å²) in [5.41, 5.74) is -0.0456. The molecule has 0 radical (unpaired) electrons. The van der Waals surface area contributed by atoms with Crippen molar-refractivity contribution in [1.82, 2.24) is 15.1 Å². The Balaban J connectivity index is 1.21. The fraction of sp³-hybridized carbons (Fsp3) is 0.909. The van der Waals surface area contributed by atoms with Crippen molar-refractivity contribution in [2.45, 2.75) is 76.7 Å². The highest BCUT2D eigenvalue weighted by Crippen LogP contribution is 2.60. The highest BCUT2D eigenvalue weighted by Gasteiger charge is 2.55. The molecule has 0 aromatic rings. The molecule has 0 atom stereocenters. The smallest absolute Gasteiger partial charge is 0.317 e. The van der Waals surface area contributed by atoms with Crippen LogP contribution in [0, 0.1) is 23.2 Å². The van der Waals surface area contributed by atoms with E-state index in [0.29, 0.717) is 18.5 Å². The van der Waals surface area contributed by atoms with Crippen LogP contribution in [0.5, 0.6) is 0 Å². The highest BCUT2D eigenvalue weighted by atomic mass is 16.2. The molecule has 5 saturated carbocycles. The minimum atomic E-state index is -0.0456. The number of amides is 3. The first-order chi connectivity index (χ1) is 13.1. The normalized spacial score (nSPS) is 38.9. The summed E-state index contributed by atoms with van der Waals surface area (Å²) in [5, 5.41) is 3.21. The average molecular weight is 374 g/mol. The number of rotatable bonds is 2. The van der Waals surface area contributed by atoms with E-state index in [4.69, 9.17) is 0 Å². The molecular weight excluding hydrogens is 338 g/mol. The van der Waals surface area contributed by atoms with Gasteiger partial charge in [0.05, 0.1) is 5.41 Å². The fourth-order valence-electron chi connectivity index (χ4n) is 7.37. The zero-order valence-electron chi connectivity index (χ0n) is 16.6. The predicted octanol–water partition coefficient (Wildman–Crippen LogP) is 3.39. The van der Waals surface area contributed by atoms with Gasteiger partial charge in [-0.2, -0.15) is 0 Å². The van der Waals surface area contributed by atoms with Gasteiger partial charge in [0.1, 0.15) is 0 Å². The topological polar surface area (TPSA) is 52.7 Å². The minimum Gasteiger partial charge on any atom is -0.340 e. The van der Waals surface area contributed by atoms with Crippen molar-refractivity contribution in [2.24, 2.45) is 23.2 Å². The number of hydrogen-bond acceptors (Lipinski definition) is 2. The number of nitrogens with zero attached hydrogens (tertiary/aromatic N) is 2. The largest absolute Gasteiger partial charge is 0.340 e. The third-order valence-electron chi connectivity index (χ3n) is 8.25. The lowest BCUT2D eigenvalue weighted by molar-refractivity contribution is -0.157. The third-order valence-corrected chi connectivity index (χ3v) is 8.25. The fourth-order valence-corrected chi connectivity index (χ4v) is 7.37. The van der Waals surface area contributed by atoms with E-state index in [1.807, 2.05) is 4.90 Å². The number of urea groups is 1. The summed E-state index contributed by atoms with van der Waals surface area (Å²) >= 11 is 0. The number of carbonyl (C=O) groups is 2. The molecule has 5 nitrogen and oxygen atoms in total. The van der Waals surface area contributed by atoms with Crippen molar-refractivity contribution >= 4 is 11.9 Å². The van der Waals surface area contributed by atoms with Gasteiger partial charge >= 0.3 is 6.03 Å². The van der Waals surface area contributed by atoms with E-state index in [0.717, 1.165) is 75.9 Å². The van der Waals surface area contributed by atoms with E-state index in [1.165, 1.54) is 32.1 Å². The zero-order chi connectivity index (χ0) is 18.4. The molecular formula is C22H35N3O2. The Morgan fingerprint density at radius 3 is 1.93 bits per heavy atom. The maximum atomic E-state index is 13.6. The van der Waals surface area contributed by atoms with Crippen LogP contribution >= 0.6 is 0 Å². The van der Waals surface area contributed by atoms with Crippen molar-refractivity contribution in [1.29, 1.82) is 0 Å². The lowest BCUT2D eigenvalue weighted by atomic mass is 9.49. The van der Waals surface area contributed by atoms with E-state index < -0.39 is 0 Å². The Morgan fingerprint density at radius 2 is 1.30 bits per heavy atom. The van der Waals surface area contributed by atoms with E-state index in [1.54, 1.807) is 0 Å². The first-order valence-corrected chi connectivity index (χ1v) is 11.5. The van der Waals surface area contributed by atoms with Crippen LogP contribution in [0.1, 0.15) is 70.6 Å². The van der Waals surface area contributed by atoms with E-state index in [9.17, 15) is 9.59 Å². The van der Waals surface area contributed by atoms with Crippen molar-refractivity contribution < 1.29 is 9.59 Å². The van der Waals surface area contributed by atoms with Crippen LogP contribution in [-0.2, 0) is 4.79 Å². The van der Waals surface area contributed by atoms with Crippen molar-refractivity contribution in [3.63, 3.8) is 0 Å². The van der Waals surface area contributed by atoms with Gasteiger partial charge in [0.2, 0.25) is 5.91 Å². The second kappa shape index (κ2) is 6.97. The molecule has 6 fully saturated rings. The molecule has 0 spiro atoms. The molecule has 6 aliphatic rings. The number of hydrogen-bond donors (Lipinski definition) is 1. The molecule has 150 valence electrons. The summed E-state index contributed by atoms with van der Waals surface area (Å²) in [7, 11) is 0. The predicted molar refractivity (Wildman–Crippen MR) is 104 cm³/mol. The summed E-state index contributed by atoms with van der Waals surface area (Å²) < 4.78 is 0. The van der Waals surface area contributed by atoms with Crippen LogP contribution in [-0.4, -0.2) is 54.0 Å². The van der Waals surface area contributed by atoms with Gasteiger partial charge in [-0.15, -0.1) is 0 Å². The number of nitrogens with one attached hydrogen (secondary N) is 1. The first-order valence-electron chi connectivity index (χ1n) is 11.5. The quantitative estimate of drug-likeness (QED) is 0.807. The standard InChI is InChI=1S/C22H35N3O2/c26-20(22-13-16-10-17(14-22)12-18(11-16)15-22)24-6-3-7-25(9-8-24)21(27)23-19-4-1-2-5-19/h16-19H,1-15H2,(H,23,27).